The molecular formula is C16H14BrF3O. The minimum atomic E-state index is -4.46. The molecular weight excluding hydrogens is 345 g/mol. The molecule has 0 bridgehead atoms. The Hall–Kier alpha value is -1.33. The maximum Gasteiger partial charge on any atom is 0.417 e. The number of benzene rings is 2. The molecule has 0 saturated heterocycles. The number of alkyl halides is 3. The third-order valence-corrected chi connectivity index (χ3v) is 4.03. The first kappa shape index (κ1) is 16.0. The predicted octanol–water partition coefficient (Wildman–Crippen LogP) is 5.17. The summed E-state index contributed by atoms with van der Waals surface area (Å²) < 4.78 is 38.7. The maximum absolute atomic E-state index is 12.9. The Morgan fingerprint density at radius 1 is 1.05 bits per heavy atom. The van der Waals surface area contributed by atoms with Crippen LogP contribution in [0.3, 0.4) is 0 Å². The molecule has 0 aliphatic rings. The summed E-state index contributed by atoms with van der Waals surface area (Å²) in [5, 5.41) is 10.4. The second-order valence-electron chi connectivity index (χ2n) is 5.00. The zero-order chi connectivity index (χ0) is 15.8. The van der Waals surface area contributed by atoms with Crippen molar-refractivity contribution >= 4 is 15.9 Å². The van der Waals surface area contributed by atoms with Crippen LogP contribution in [0.15, 0.2) is 40.9 Å². The van der Waals surface area contributed by atoms with E-state index in [4.69, 9.17) is 0 Å². The summed E-state index contributed by atoms with van der Waals surface area (Å²) in [7, 11) is 0. The van der Waals surface area contributed by atoms with Crippen LogP contribution in [0.25, 0.3) is 0 Å². The van der Waals surface area contributed by atoms with Gasteiger partial charge in [-0.05, 0) is 42.7 Å². The number of hydrogen-bond acceptors (Lipinski definition) is 1. The molecule has 1 unspecified atom stereocenters. The van der Waals surface area contributed by atoms with Crippen LogP contribution in [0.5, 0.6) is 0 Å². The first-order chi connectivity index (χ1) is 9.70. The van der Waals surface area contributed by atoms with Crippen LogP contribution in [0.1, 0.15) is 33.9 Å². The molecule has 1 N–H and O–H groups in total. The minimum absolute atomic E-state index is 0.0353. The monoisotopic (exact) mass is 358 g/mol. The van der Waals surface area contributed by atoms with E-state index in [0.717, 1.165) is 17.2 Å². The first-order valence-corrected chi connectivity index (χ1v) is 7.11. The normalized spacial score (nSPS) is 13.3. The van der Waals surface area contributed by atoms with Crippen molar-refractivity contribution in [1.29, 1.82) is 0 Å². The maximum atomic E-state index is 12.9. The second kappa shape index (κ2) is 5.81. The zero-order valence-electron chi connectivity index (χ0n) is 11.5. The standard InChI is InChI=1S/C16H14BrF3O/c1-9-3-4-10(2)12(7-9)15(21)11-5-6-14(17)13(8-11)16(18,19)20/h3-8,15,21H,1-2H3. The number of aliphatic hydroxyl groups is 1. The second-order valence-corrected chi connectivity index (χ2v) is 5.85. The fourth-order valence-electron chi connectivity index (χ4n) is 2.16. The fourth-order valence-corrected chi connectivity index (χ4v) is 2.64. The highest BCUT2D eigenvalue weighted by Gasteiger charge is 2.33. The van der Waals surface area contributed by atoms with Crippen LogP contribution in [0.2, 0.25) is 0 Å². The van der Waals surface area contributed by atoms with Gasteiger partial charge in [0, 0.05) is 4.47 Å². The lowest BCUT2D eigenvalue weighted by Gasteiger charge is -2.17. The van der Waals surface area contributed by atoms with Gasteiger partial charge in [-0.3, -0.25) is 0 Å². The van der Waals surface area contributed by atoms with Gasteiger partial charge in [-0.1, -0.05) is 45.8 Å². The van der Waals surface area contributed by atoms with Gasteiger partial charge in [-0.15, -0.1) is 0 Å². The van der Waals surface area contributed by atoms with Gasteiger partial charge in [-0.2, -0.15) is 13.2 Å². The summed E-state index contributed by atoms with van der Waals surface area (Å²) >= 11 is 2.90. The van der Waals surface area contributed by atoms with Gasteiger partial charge in [0.2, 0.25) is 0 Å². The molecule has 0 heterocycles. The number of rotatable bonds is 2. The van der Waals surface area contributed by atoms with Crippen molar-refractivity contribution in [2.24, 2.45) is 0 Å². The summed E-state index contributed by atoms with van der Waals surface area (Å²) in [6.07, 6.45) is -5.55. The molecule has 0 radical (unpaired) electrons. The van der Waals surface area contributed by atoms with Crippen LogP contribution >= 0.6 is 15.9 Å². The van der Waals surface area contributed by atoms with Gasteiger partial charge >= 0.3 is 6.18 Å². The topological polar surface area (TPSA) is 20.2 Å². The summed E-state index contributed by atoms with van der Waals surface area (Å²) in [6.45, 7) is 3.69. The summed E-state index contributed by atoms with van der Waals surface area (Å²) in [6, 6.07) is 9.32. The van der Waals surface area contributed by atoms with Crippen LogP contribution in [0.4, 0.5) is 13.2 Å². The molecule has 2 rings (SSSR count). The molecule has 0 aromatic heterocycles. The first-order valence-electron chi connectivity index (χ1n) is 6.32. The van der Waals surface area contributed by atoms with E-state index in [-0.39, 0.29) is 10.0 Å². The highest BCUT2D eigenvalue weighted by atomic mass is 79.9. The van der Waals surface area contributed by atoms with Crippen molar-refractivity contribution in [3.05, 3.63) is 68.7 Å². The molecule has 0 aliphatic heterocycles. The summed E-state index contributed by atoms with van der Waals surface area (Å²) in [4.78, 5) is 0. The van der Waals surface area contributed by atoms with Crippen LogP contribution in [-0.2, 0) is 6.18 Å². The highest BCUT2D eigenvalue weighted by Crippen LogP contribution is 2.37. The highest BCUT2D eigenvalue weighted by molar-refractivity contribution is 9.10. The lowest BCUT2D eigenvalue weighted by Crippen LogP contribution is -2.09. The van der Waals surface area contributed by atoms with E-state index in [2.05, 4.69) is 15.9 Å². The number of aliphatic hydroxyl groups excluding tert-OH is 1. The quantitative estimate of drug-likeness (QED) is 0.785. The third kappa shape index (κ3) is 3.47. The number of halogens is 4. The predicted molar refractivity (Wildman–Crippen MR) is 79.1 cm³/mol. The molecule has 0 amide bonds. The third-order valence-electron chi connectivity index (χ3n) is 3.34. The van der Waals surface area contributed by atoms with Crippen LogP contribution < -0.4 is 0 Å². The van der Waals surface area contributed by atoms with Gasteiger partial charge in [0.15, 0.2) is 0 Å². The van der Waals surface area contributed by atoms with Gasteiger partial charge in [0.25, 0.3) is 0 Å². The molecule has 2 aromatic rings. The molecule has 112 valence electrons. The van der Waals surface area contributed by atoms with E-state index in [1.54, 1.807) is 6.07 Å². The lowest BCUT2D eigenvalue weighted by molar-refractivity contribution is -0.138. The average molecular weight is 359 g/mol. The van der Waals surface area contributed by atoms with E-state index in [1.807, 2.05) is 26.0 Å². The summed E-state index contributed by atoms with van der Waals surface area (Å²) in [5.74, 6) is 0. The molecule has 0 fully saturated rings. The smallest absolute Gasteiger partial charge is 0.384 e. The van der Waals surface area contributed by atoms with Gasteiger partial charge < -0.3 is 5.11 Å². The molecule has 0 saturated carbocycles. The molecule has 1 atom stereocenters. The van der Waals surface area contributed by atoms with Gasteiger partial charge in [0.05, 0.1) is 5.56 Å². The van der Waals surface area contributed by atoms with Gasteiger partial charge in [0.1, 0.15) is 6.10 Å². The van der Waals surface area contributed by atoms with E-state index in [9.17, 15) is 18.3 Å². The Kier molecular flexibility index (Phi) is 4.44. The molecule has 5 heteroatoms. The average Bonchev–Trinajstić information content (AvgIpc) is 2.40. The van der Waals surface area contributed by atoms with Crippen molar-refractivity contribution in [1.82, 2.24) is 0 Å². The Balaban J connectivity index is 2.49. The summed E-state index contributed by atoms with van der Waals surface area (Å²) in [5.41, 5.74) is 1.83. The van der Waals surface area contributed by atoms with Gasteiger partial charge in [-0.25, -0.2) is 0 Å². The Bertz CT molecular complexity index is 665. The van der Waals surface area contributed by atoms with Crippen molar-refractivity contribution in [3.8, 4) is 0 Å². The van der Waals surface area contributed by atoms with E-state index < -0.39 is 17.8 Å². The Morgan fingerprint density at radius 2 is 1.71 bits per heavy atom. The van der Waals surface area contributed by atoms with Crippen LogP contribution in [-0.4, -0.2) is 5.11 Å². The number of aryl methyl sites for hydroxylation is 2. The number of hydrogen-bond donors (Lipinski definition) is 1. The van der Waals surface area contributed by atoms with Crippen molar-refractivity contribution < 1.29 is 18.3 Å². The molecule has 0 spiro atoms. The Morgan fingerprint density at radius 3 is 2.33 bits per heavy atom. The molecule has 21 heavy (non-hydrogen) atoms. The molecule has 0 aliphatic carbocycles. The van der Waals surface area contributed by atoms with E-state index in [0.29, 0.717) is 5.56 Å². The van der Waals surface area contributed by atoms with E-state index >= 15 is 0 Å². The zero-order valence-corrected chi connectivity index (χ0v) is 13.1. The SMILES string of the molecule is Cc1ccc(C)c(C(O)c2ccc(Br)c(C(F)(F)F)c2)c1. The van der Waals surface area contributed by atoms with Crippen molar-refractivity contribution in [2.75, 3.05) is 0 Å². The lowest BCUT2D eigenvalue weighted by atomic mass is 9.95. The largest absolute Gasteiger partial charge is 0.417 e. The Labute approximate surface area is 129 Å². The molecule has 1 nitrogen and oxygen atoms in total. The van der Waals surface area contributed by atoms with Crippen molar-refractivity contribution in [3.63, 3.8) is 0 Å². The fraction of sp³-hybridized carbons (Fsp3) is 0.250. The molecule has 2 aromatic carbocycles. The minimum Gasteiger partial charge on any atom is -0.384 e. The van der Waals surface area contributed by atoms with Crippen molar-refractivity contribution in [2.45, 2.75) is 26.1 Å². The van der Waals surface area contributed by atoms with Crippen LogP contribution in [0, 0.1) is 13.8 Å². The van der Waals surface area contributed by atoms with E-state index in [1.165, 1.54) is 12.1 Å².